The number of methoxy groups -OCH3 is 2. The summed E-state index contributed by atoms with van der Waals surface area (Å²) in [5.74, 6) is 1.62. The van der Waals surface area contributed by atoms with Crippen LogP contribution in [0, 0.1) is 6.92 Å². The van der Waals surface area contributed by atoms with E-state index in [4.69, 9.17) is 9.47 Å². The van der Waals surface area contributed by atoms with Crippen LogP contribution in [0.25, 0.3) is 0 Å². The van der Waals surface area contributed by atoms with Gasteiger partial charge in [-0.2, -0.15) is 0 Å². The number of hydrogen-bond donors (Lipinski definition) is 0. The molecule has 0 saturated heterocycles. The third-order valence-electron chi connectivity index (χ3n) is 3.18. The highest BCUT2D eigenvalue weighted by molar-refractivity contribution is 9.09. The Hall–Kier alpha value is -1.48. The zero-order valence-electron chi connectivity index (χ0n) is 11.3. The lowest BCUT2D eigenvalue weighted by Crippen LogP contribution is -1.99. The number of aryl methyl sites for hydroxylation is 1. The van der Waals surface area contributed by atoms with E-state index in [-0.39, 0.29) is 4.83 Å². The van der Waals surface area contributed by atoms with E-state index < -0.39 is 0 Å². The van der Waals surface area contributed by atoms with E-state index in [1.165, 1.54) is 11.1 Å². The highest BCUT2D eigenvalue weighted by Gasteiger charge is 2.17. The Balaban J connectivity index is 2.44. The number of hydrogen-bond acceptors (Lipinski definition) is 2. The average Bonchev–Trinajstić information content (AvgIpc) is 2.46. The summed E-state index contributed by atoms with van der Waals surface area (Å²) in [7, 11) is 3.33. The van der Waals surface area contributed by atoms with E-state index in [2.05, 4.69) is 35.0 Å². The standard InChI is InChI=1S/C16H17BrO2/c1-11-6-4-5-7-13(11)16(17)14-9-8-12(18-2)10-15(14)19-3/h4-10,16H,1-3H3. The van der Waals surface area contributed by atoms with Gasteiger partial charge in [-0.1, -0.05) is 46.3 Å². The zero-order chi connectivity index (χ0) is 13.8. The van der Waals surface area contributed by atoms with E-state index >= 15 is 0 Å². The summed E-state index contributed by atoms with van der Waals surface area (Å²) in [5.41, 5.74) is 3.59. The molecule has 0 aliphatic carbocycles. The van der Waals surface area contributed by atoms with Crippen LogP contribution >= 0.6 is 15.9 Å². The highest BCUT2D eigenvalue weighted by Crippen LogP contribution is 2.39. The minimum absolute atomic E-state index is 0.106. The van der Waals surface area contributed by atoms with Gasteiger partial charge in [-0.15, -0.1) is 0 Å². The first-order chi connectivity index (χ1) is 9.17. The van der Waals surface area contributed by atoms with Gasteiger partial charge in [0, 0.05) is 11.6 Å². The van der Waals surface area contributed by atoms with Gasteiger partial charge in [0.15, 0.2) is 0 Å². The van der Waals surface area contributed by atoms with Crippen molar-refractivity contribution >= 4 is 15.9 Å². The fraction of sp³-hybridized carbons (Fsp3) is 0.250. The average molecular weight is 321 g/mol. The van der Waals surface area contributed by atoms with Crippen LogP contribution in [0.4, 0.5) is 0 Å². The fourth-order valence-corrected chi connectivity index (χ4v) is 2.96. The van der Waals surface area contributed by atoms with Gasteiger partial charge in [0.25, 0.3) is 0 Å². The molecule has 100 valence electrons. The predicted octanol–water partition coefficient (Wildman–Crippen LogP) is 4.50. The van der Waals surface area contributed by atoms with Crippen molar-refractivity contribution in [2.75, 3.05) is 14.2 Å². The lowest BCUT2D eigenvalue weighted by atomic mass is 10.00. The third-order valence-corrected chi connectivity index (χ3v) is 4.16. The van der Waals surface area contributed by atoms with E-state index in [0.717, 1.165) is 17.1 Å². The fourth-order valence-electron chi connectivity index (χ4n) is 2.07. The summed E-state index contributed by atoms with van der Waals surface area (Å²) in [6, 6.07) is 14.2. The van der Waals surface area contributed by atoms with Crippen LogP contribution in [0.3, 0.4) is 0 Å². The number of halogens is 1. The van der Waals surface area contributed by atoms with Crippen molar-refractivity contribution in [1.29, 1.82) is 0 Å². The summed E-state index contributed by atoms with van der Waals surface area (Å²) in [6.45, 7) is 2.11. The van der Waals surface area contributed by atoms with Gasteiger partial charge in [-0.25, -0.2) is 0 Å². The molecular weight excluding hydrogens is 304 g/mol. The summed E-state index contributed by atoms with van der Waals surface area (Å²) < 4.78 is 10.7. The van der Waals surface area contributed by atoms with Crippen LogP contribution < -0.4 is 9.47 Å². The van der Waals surface area contributed by atoms with Crippen molar-refractivity contribution in [3.8, 4) is 11.5 Å². The molecule has 0 aliphatic rings. The molecule has 2 rings (SSSR count). The molecule has 2 nitrogen and oxygen atoms in total. The molecule has 2 aromatic rings. The van der Waals surface area contributed by atoms with Gasteiger partial charge in [0.1, 0.15) is 11.5 Å². The van der Waals surface area contributed by atoms with Crippen molar-refractivity contribution in [3.05, 3.63) is 59.2 Å². The summed E-state index contributed by atoms with van der Waals surface area (Å²) in [6.07, 6.45) is 0. The van der Waals surface area contributed by atoms with Gasteiger partial charge >= 0.3 is 0 Å². The molecule has 0 N–H and O–H groups in total. The van der Waals surface area contributed by atoms with Crippen LogP contribution in [0.5, 0.6) is 11.5 Å². The Kier molecular flexibility index (Phi) is 4.48. The lowest BCUT2D eigenvalue weighted by Gasteiger charge is -2.17. The molecule has 0 amide bonds. The molecule has 0 saturated carbocycles. The van der Waals surface area contributed by atoms with Gasteiger partial charge < -0.3 is 9.47 Å². The van der Waals surface area contributed by atoms with E-state index in [0.29, 0.717) is 0 Å². The first-order valence-electron chi connectivity index (χ1n) is 6.09. The zero-order valence-corrected chi connectivity index (χ0v) is 12.9. The molecule has 0 heterocycles. The van der Waals surface area contributed by atoms with E-state index in [1.807, 2.05) is 30.3 Å². The largest absolute Gasteiger partial charge is 0.497 e. The van der Waals surface area contributed by atoms with Crippen LogP contribution in [-0.4, -0.2) is 14.2 Å². The van der Waals surface area contributed by atoms with Crippen molar-refractivity contribution in [2.24, 2.45) is 0 Å². The van der Waals surface area contributed by atoms with Crippen molar-refractivity contribution in [1.82, 2.24) is 0 Å². The number of alkyl halides is 1. The molecule has 1 atom stereocenters. The second-order valence-electron chi connectivity index (χ2n) is 4.33. The molecule has 0 bridgehead atoms. The molecule has 19 heavy (non-hydrogen) atoms. The summed E-state index contributed by atoms with van der Waals surface area (Å²) in [4.78, 5) is 0.106. The molecule has 0 aliphatic heterocycles. The Morgan fingerprint density at radius 3 is 2.32 bits per heavy atom. The van der Waals surface area contributed by atoms with Crippen molar-refractivity contribution < 1.29 is 9.47 Å². The molecular formula is C16H17BrO2. The second kappa shape index (κ2) is 6.11. The summed E-state index contributed by atoms with van der Waals surface area (Å²) in [5, 5.41) is 0. The third kappa shape index (κ3) is 2.92. The Labute approximate surface area is 122 Å². The highest BCUT2D eigenvalue weighted by atomic mass is 79.9. The summed E-state index contributed by atoms with van der Waals surface area (Å²) >= 11 is 3.76. The monoisotopic (exact) mass is 320 g/mol. The van der Waals surface area contributed by atoms with Crippen LogP contribution in [-0.2, 0) is 0 Å². The van der Waals surface area contributed by atoms with Gasteiger partial charge in [-0.05, 0) is 24.1 Å². The molecule has 0 fully saturated rings. The molecule has 0 spiro atoms. The molecule has 3 heteroatoms. The number of benzene rings is 2. The lowest BCUT2D eigenvalue weighted by molar-refractivity contribution is 0.391. The number of ether oxygens (including phenoxy) is 2. The quantitative estimate of drug-likeness (QED) is 0.772. The van der Waals surface area contributed by atoms with Crippen LogP contribution in [0.15, 0.2) is 42.5 Å². The first kappa shape index (κ1) is 13.9. The maximum atomic E-state index is 5.46. The molecule has 1 unspecified atom stereocenters. The van der Waals surface area contributed by atoms with E-state index in [9.17, 15) is 0 Å². The van der Waals surface area contributed by atoms with Gasteiger partial charge in [-0.3, -0.25) is 0 Å². The SMILES string of the molecule is COc1ccc(C(Br)c2ccccc2C)c(OC)c1. The molecule has 0 aromatic heterocycles. The smallest absolute Gasteiger partial charge is 0.127 e. The Bertz CT molecular complexity index is 566. The maximum absolute atomic E-state index is 5.46. The van der Waals surface area contributed by atoms with Crippen LogP contribution in [0.1, 0.15) is 21.5 Å². The maximum Gasteiger partial charge on any atom is 0.127 e. The van der Waals surface area contributed by atoms with Crippen LogP contribution in [0.2, 0.25) is 0 Å². The molecule has 0 radical (unpaired) electrons. The predicted molar refractivity (Wildman–Crippen MR) is 81.5 cm³/mol. The first-order valence-corrected chi connectivity index (χ1v) is 7.00. The Morgan fingerprint density at radius 1 is 0.947 bits per heavy atom. The second-order valence-corrected chi connectivity index (χ2v) is 5.24. The van der Waals surface area contributed by atoms with Gasteiger partial charge in [0.05, 0.1) is 19.0 Å². The topological polar surface area (TPSA) is 18.5 Å². The van der Waals surface area contributed by atoms with Crippen molar-refractivity contribution in [3.63, 3.8) is 0 Å². The van der Waals surface area contributed by atoms with E-state index in [1.54, 1.807) is 14.2 Å². The normalized spacial score (nSPS) is 12.0. The minimum atomic E-state index is 0.106. The minimum Gasteiger partial charge on any atom is -0.497 e. The van der Waals surface area contributed by atoms with Gasteiger partial charge in [0.2, 0.25) is 0 Å². The number of rotatable bonds is 4. The molecule has 2 aromatic carbocycles. The Morgan fingerprint density at radius 2 is 1.68 bits per heavy atom. The van der Waals surface area contributed by atoms with Crippen molar-refractivity contribution in [2.45, 2.75) is 11.8 Å².